The van der Waals surface area contributed by atoms with Gasteiger partial charge in [-0.25, -0.2) is 18.3 Å². The fourth-order valence-corrected chi connectivity index (χ4v) is 2.76. The number of hydrogen-bond donors (Lipinski definition) is 0. The molecule has 0 aliphatic rings. The number of aromatic nitrogens is 2. The number of halogens is 3. The third-order valence-corrected chi connectivity index (χ3v) is 3.97. The van der Waals surface area contributed by atoms with Gasteiger partial charge in [0.2, 0.25) is 0 Å². The van der Waals surface area contributed by atoms with Gasteiger partial charge in [0, 0.05) is 5.56 Å². The molecular formula is C19H15ClF2N2O2. The minimum absolute atomic E-state index is 0.0595. The molecule has 1 aromatic heterocycles. The second-order valence-electron chi connectivity index (χ2n) is 5.66. The fourth-order valence-electron chi connectivity index (χ4n) is 2.59. The molecule has 134 valence electrons. The van der Waals surface area contributed by atoms with Crippen LogP contribution in [-0.4, -0.2) is 22.4 Å². The van der Waals surface area contributed by atoms with Crippen LogP contribution in [0.4, 0.5) is 8.78 Å². The minimum Gasteiger partial charge on any atom is -0.461 e. The highest BCUT2D eigenvalue weighted by molar-refractivity contribution is 6.30. The average molecular weight is 377 g/mol. The number of esters is 1. The van der Waals surface area contributed by atoms with Crippen molar-refractivity contribution in [1.29, 1.82) is 0 Å². The SMILES string of the molecule is CCOC(=O)c1cc(-c2cc(C)cc(F)c2)n(-c2ccc(F)c(Cl)c2)n1. The van der Waals surface area contributed by atoms with E-state index in [4.69, 9.17) is 16.3 Å². The number of hydrogen-bond acceptors (Lipinski definition) is 3. The number of nitrogens with zero attached hydrogens (tertiary/aromatic N) is 2. The lowest BCUT2D eigenvalue weighted by molar-refractivity contribution is 0.0519. The summed E-state index contributed by atoms with van der Waals surface area (Å²) in [5.41, 5.74) is 2.18. The zero-order valence-corrected chi connectivity index (χ0v) is 14.8. The predicted molar refractivity (Wildman–Crippen MR) is 94.6 cm³/mol. The van der Waals surface area contributed by atoms with Crippen molar-refractivity contribution < 1.29 is 18.3 Å². The Labute approximate surface area is 154 Å². The van der Waals surface area contributed by atoms with Crippen molar-refractivity contribution >= 4 is 17.6 Å². The molecule has 26 heavy (non-hydrogen) atoms. The summed E-state index contributed by atoms with van der Waals surface area (Å²) < 4.78 is 33.7. The maximum Gasteiger partial charge on any atom is 0.358 e. The maximum atomic E-state index is 13.9. The molecule has 0 atom stereocenters. The van der Waals surface area contributed by atoms with Gasteiger partial charge in [-0.15, -0.1) is 0 Å². The van der Waals surface area contributed by atoms with Crippen LogP contribution in [0.25, 0.3) is 16.9 Å². The standard InChI is InChI=1S/C19H15ClF2N2O2/c1-3-26-19(25)17-10-18(12-6-11(2)7-13(21)8-12)24(23-17)14-4-5-16(22)15(20)9-14/h4-10H,3H2,1-2H3. The summed E-state index contributed by atoms with van der Waals surface area (Å²) in [5, 5.41) is 4.16. The Bertz CT molecular complexity index is 965. The molecule has 0 aliphatic heterocycles. The van der Waals surface area contributed by atoms with Crippen LogP contribution >= 0.6 is 11.6 Å². The van der Waals surface area contributed by atoms with Crippen LogP contribution in [0.3, 0.4) is 0 Å². The molecule has 0 saturated carbocycles. The zero-order valence-electron chi connectivity index (χ0n) is 14.1. The Morgan fingerprint density at radius 1 is 1.19 bits per heavy atom. The van der Waals surface area contributed by atoms with Crippen LogP contribution in [0.15, 0.2) is 42.5 Å². The highest BCUT2D eigenvalue weighted by atomic mass is 35.5. The van der Waals surface area contributed by atoms with Crippen LogP contribution < -0.4 is 0 Å². The summed E-state index contributed by atoms with van der Waals surface area (Å²) in [6, 6.07) is 10.0. The van der Waals surface area contributed by atoms with Crippen molar-refractivity contribution in [1.82, 2.24) is 9.78 Å². The van der Waals surface area contributed by atoms with Crippen molar-refractivity contribution in [2.45, 2.75) is 13.8 Å². The highest BCUT2D eigenvalue weighted by Crippen LogP contribution is 2.28. The number of carbonyl (C=O) groups is 1. The molecule has 0 amide bonds. The highest BCUT2D eigenvalue weighted by Gasteiger charge is 2.19. The lowest BCUT2D eigenvalue weighted by Crippen LogP contribution is -2.07. The van der Waals surface area contributed by atoms with Gasteiger partial charge in [-0.1, -0.05) is 11.6 Å². The van der Waals surface area contributed by atoms with Crippen molar-refractivity contribution in [2.24, 2.45) is 0 Å². The third-order valence-electron chi connectivity index (χ3n) is 3.68. The van der Waals surface area contributed by atoms with Gasteiger partial charge in [0.15, 0.2) is 5.69 Å². The Morgan fingerprint density at radius 2 is 1.96 bits per heavy atom. The normalized spacial score (nSPS) is 10.8. The summed E-state index contributed by atoms with van der Waals surface area (Å²) in [5.74, 6) is -1.59. The molecule has 1 heterocycles. The number of aryl methyl sites for hydroxylation is 1. The van der Waals surface area contributed by atoms with Gasteiger partial charge < -0.3 is 4.74 Å². The quantitative estimate of drug-likeness (QED) is 0.605. The van der Waals surface area contributed by atoms with Gasteiger partial charge in [-0.2, -0.15) is 5.10 Å². The van der Waals surface area contributed by atoms with Crippen LogP contribution in [0.1, 0.15) is 23.0 Å². The predicted octanol–water partition coefficient (Wildman–Crippen LogP) is 4.96. The van der Waals surface area contributed by atoms with E-state index in [2.05, 4.69) is 5.10 Å². The van der Waals surface area contributed by atoms with Crippen molar-refractivity contribution in [3.8, 4) is 16.9 Å². The van der Waals surface area contributed by atoms with Crippen LogP contribution in [0, 0.1) is 18.6 Å². The summed E-state index contributed by atoms with van der Waals surface area (Å²) in [7, 11) is 0. The average Bonchev–Trinajstić information content (AvgIpc) is 3.02. The van der Waals surface area contributed by atoms with E-state index >= 15 is 0 Å². The zero-order chi connectivity index (χ0) is 18.8. The van der Waals surface area contributed by atoms with Gasteiger partial charge in [-0.3, -0.25) is 0 Å². The lowest BCUT2D eigenvalue weighted by Gasteiger charge is -2.09. The number of benzene rings is 2. The molecule has 2 aromatic carbocycles. The van der Waals surface area contributed by atoms with E-state index in [1.165, 1.54) is 41.1 Å². The monoisotopic (exact) mass is 376 g/mol. The van der Waals surface area contributed by atoms with E-state index in [9.17, 15) is 13.6 Å². The Balaban J connectivity index is 2.20. The Morgan fingerprint density at radius 3 is 2.62 bits per heavy atom. The topological polar surface area (TPSA) is 44.1 Å². The second-order valence-corrected chi connectivity index (χ2v) is 6.07. The first kappa shape index (κ1) is 18.1. The molecule has 0 aliphatic carbocycles. The van der Waals surface area contributed by atoms with Gasteiger partial charge in [0.1, 0.15) is 11.6 Å². The molecule has 7 heteroatoms. The van der Waals surface area contributed by atoms with E-state index in [1.807, 2.05) is 0 Å². The fraction of sp³-hybridized carbons (Fsp3) is 0.158. The molecular weight excluding hydrogens is 362 g/mol. The molecule has 0 N–H and O–H groups in total. The number of ether oxygens (including phenoxy) is 1. The molecule has 0 radical (unpaired) electrons. The van der Waals surface area contributed by atoms with E-state index in [0.29, 0.717) is 22.5 Å². The van der Waals surface area contributed by atoms with Gasteiger partial charge >= 0.3 is 5.97 Å². The van der Waals surface area contributed by atoms with Gasteiger partial charge in [0.25, 0.3) is 0 Å². The van der Waals surface area contributed by atoms with E-state index in [1.54, 1.807) is 19.9 Å². The summed E-state index contributed by atoms with van der Waals surface area (Å²) >= 11 is 5.86. The third kappa shape index (κ3) is 3.60. The second kappa shape index (κ2) is 7.25. The van der Waals surface area contributed by atoms with Crippen LogP contribution in [0.5, 0.6) is 0 Å². The van der Waals surface area contributed by atoms with Crippen molar-refractivity contribution in [3.05, 3.63) is 70.4 Å². The van der Waals surface area contributed by atoms with E-state index in [-0.39, 0.29) is 17.3 Å². The minimum atomic E-state index is -0.603. The van der Waals surface area contributed by atoms with Crippen molar-refractivity contribution in [3.63, 3.8) is 0 Å². The first-order valence-electron chi connectivity index (χ1n) is 7.89. The molecule has 3 aromatic rings. The summed E-state index contributed by atoms with van der Waals surface area (Å²) in [6.07, 6.45) is 0. The summed E-state index contributed by atoms with van der Waals surface area (Å²) in [4.78, 5) is 12.1. The van der Waals surface area contributed by atoms with Crippen LogP contribution in [-0.2, 0) is 4.74 Å². The number of carbonyl (C=O) groups excluding carboxylic acids is 1. The Hall–Kier alpha value is -2.73. The molecule has 0 fully saturated rings. The first-order valence-corrected chi connectivity index (χ1v) is 8.27. The molecule has 0 unspecified atom stereocenters. The van der Waals surface area contributed by atoms with Crippen LogP contribution in [0.2, 0.25) is 5.02 Å². The number of rotatable bonds is 4. The Kier molecular flexibility index (Phi) is 5.04. The lowest BCUT2D eigenvalue weighted by atomic mass is 10.1. The van der Waals surface area contributed by atoms with Gasteiger partial charge in [0.05, 0.1) is 23.0 Å². The molecule has 0 bridgehead atoms. The van der Waals surface area contributed by atoms with Crippen molar-refractivity contribution in [2.75, 3.05) is 6.61 Å². The molecule has 4 nitrogen and oxygen atoms in total. The first-order chi connectivity index (χ1) is 12.4. The molecule has 3 rings (SSSR count). The van der Waals surface area contributed by atoms with E-state index < -0.39 is 17.6 Å². The largest absolute Gasteiger partial charge is 0.461 e. The summed E-state index contributed by atoms with van der Waals surface area (Å²) in [6.45, 7) is 3.64. The smallest absolute Gasteiger partial charge is 0.358 e. The maximum absolute atomic E-state index is 13.9. The molecule has 0 saturated heterocycles. The van der Waals surface area contributed by atoms with E-state index in [0.717, 1.165) is 0 Å². The van der Waals surface area contributed by atoms with Gasteiger partial charge in [-0.05, 0) is 61.9 Å². The molecule has 0 spiro atoms.